The molecule has 0 N–H and O–H groups in total. The van der Waals surface area contributed by atoms with Crippen LogP contribution in [-0.2, 0) is 0 Å². The molecule has 1 aliphatic carbocycles. The summed E-state index contributed by atoms with van der Waals surface area (Å²) in [6.45, 7) is 4.50. The lowest BCUT2D eigenvalue weighted by atomic mass is 9.89. The highest BCUT2D eigenvalue weighted by molar-refractivity contribution is 8.05. The first-order chi connectivity index (χ1) is 18.4. The number of ketones is 2. The Morgan fingerprint density at radius 3 is 1.13 bits per heavy atom. The number of carbonyl (C=O) groups excluding carboxylic acids is 2. The van der Waals surface area contributed by atoms with Crippen LogP contribution in [0.5, 0.6) is 0 Å². The fourth-order valence-corrected chi connectivity index (χ4v) is 7.04. The smallest absolute Gasteiger partial charge is 0.193 e. The summed E-state index contributed by atoms with van der Waals surface area (Å²) in [7, 11) is 0. The van der Waals surface area contributed by atoms with Crippen LogP contribution < -0.4 is 0 Å². The molecule has 4 aromatic carbocycles. The Morgan fingerprint density at radius 2 is 0.789 bits per heavy atom. The number of benzene rings is 4. The molecule has 2 nitrogen and oxygen atoms in total. The lowest BCUT2D eigenvalue weighted by Gasteiger charge is -2.43. The average molecular weight is 533 g/mol. The van der Waals surface area contributed by atoms with Crippen LogP contribution in [0.15, 0.2) is 143 Å². The van der Waals surface area contributed by atoms with Crippen molar-refractivity contribution in [2.75, 3.05) is 0 Å². The van der Waals surface area contributed by atoms with Crippen LogP contribution in [-0.4, -0.2) is 21.1 Å². The molecule has 188 valence electrons. The molecule has 0 aromatic heterocycles. The molecule has 5 rings (SSSR count). The second-order valence-electron chi connectivity index (χ2n) is 9.58. The number of rotatable bonds is 8. The minimum atomic E-state index is -0.240. The third-order valence-electron chi connectivity index (χ3n) is 6.89. The van der Waals surface area contributed by atoms with Crippen molar-refractivity contribution in [3.63, 3.8) is 0 Å². The van der Waals surface area contributed by atoms with Gasteiger partial charge in [0, 0.05) is 32.0 Å². The molecule has 4 heteroatoms. The van der Waals surface area contributed by atoms with Crippen LogP contribution in [0.3, 0.4) is 0 Å². The standard InChI is InChI=1S/C34H28O2S2/c1-33(37-29-19-15-27(16-20-29)31(35)25-11-5-3-6-12-25)23-9-10-24-34(33,2)38-30-21-17-28(18-22-30)32(36)26-13-7-4-8-14-26/h3-24H,1-2H3. The van der Waals surface area contributed by atoms with Gasteiger partial charge >= 0.3 is 0 Å². The molecule has 38 heavy (non-hydrogen) atoms. The second kappa shape index (κ2) is 11.0. The molecule has 0 saturated heterocycles. The van der Waals surface area contributed by atoms with E-state index in [1.54, 1.807) is 23.5 Å². The highest BCUT2D eigenvalue weighted by Crippen LogP contribution is 2.53. The van der Waals surface area contributed by atoms with Crippen molar-refractivity contribution in [1.29, 1.82) is 0 Å². The van der Waals surface area contributed by atoms with Crippen LogP contribution in [0.1, 0.15) is 45.7 Å². The van der Waals surface area contributed by atoms with Gasteiger partial charge in [0.25, 0.3) is 0 Å². The van der Waals surface area contributed by atoms with Crippen molar-refractivity contribution >= 4 is 35.1 Å². The van der Waals surface area contributed by atoms with Gasteiger partial charge in [-0.2, -0.15) is 0 Å². The van der Waals surface area contributed by atoms with Gasteiger partial charge in [-0.3, -0.25) is 9.59 Å². The third-order valence-corrected chi connectivity index (χ3v) is 10.0. The van der Waals surface area contributed by atoms with Crippen LogP contribution in [0, 0.1) is 0 Å². The third kappa shape index (κ3) is 5.47. The summed E-state index contributed by atoms with van der Waals surface area (Å²) in [4.78, 5) is 27.8. The molecule has 0 fully saturated rings. The van der Waals surface area contributed by atoms with E-state index >= 15 is 0 Å². The highest BCUT2D eigenvalue weighted by Gasteiger charge is 2.44. The second-order valence-corrected chi connectivity index (χ2v) is 12.6. The first-order valence-electron chi connectivity index (χ1n) is 12.5. The van der Waals surface area contributed by atoms with Crippen molar-refractivity contribution in [1.82, 2.24) is 0 Å². The Hall–Kier alpha value is -3.60. The normalized spacial score (nSPS) is 20.3. The molecular weight excluding hydrogens is 505 g/mol. The van der Waals surface area contributed by atoms with Gasteiger partial charge < -0.3 is 0 Å². The number of hydrogen-bond acceptors (Lipinski definition) is 4. The molecular formula is C34H28O2S2. The summed E-state index contributed by atoms with van der Waals surface area (Å²) in [5.74, 6) is 0.0619. The zero-order valence-corrected chi connectivity index (χ0v) is 23.0. The van der Waals surface area contributed by atoms with Gasteiger partial charge in [0.1, 0.15) is 0 Å². The van der Waals surface area contributed by atoms with Crippen molar-refractivity contribution in [2.45, 2.75) is 33.1 Å². The molecule has 2 atom stereocenters. The summed E-state index contributed by atoms with van der Waals surface area (Å²) < 4.78 is -0.480. The SMILES string of the molecule is CC1(Sc2ccc(C(=O)c3ccccc3)cc2)C=CC=CC1(C)Sc1ccc(C(=O)c2ccccc2)cc1. The number of allylic oxidation sites excluding steroid dienone is 2. The predicted octanol–water partition coefficient (Wildman–Crippen LogP) is 8.68. The Balaban J connectivity index is 1.32. The van der Waals surface area contributed by atoms with E-state index in [1.165, 1.54) is 0 Å². The van der Waals surface area contributed by atoms with Crippen LogP contribution in [0.4, 0.5) is 0 Å². The van der Waals surface area contributed by atoms with E-state index in [-0.39, 0.29) is 21.1 Å². The Labute approximate surface area is 232 Å². The Bertz CT molecular complexity index is 1370. The summed E-state index contributed by atoms with van der Waals surface area (Å²) in [5, 5.41) is 0. The largest absolute Gasteiger partial charge is 0.289 e. The van der Waals surface area contributed by atoms with E-state index in [0.29, 0.717) is 22.3 Å². The molecule has 2 unspecified atom stereocenters. The molecule has 0 amide bonds. The summed E-state index contributed by atoms with van der Waals surface area (Å²) in [6.07, 6.45) is 8.70. The van der Waals surface area contributed by atoms with Crippen LogP contribution in [0.25, 0.3) is 0 Å². The zero-order chi connectivity index (χ0) is 26.6. The van der Waals surface area contributed by atoms with Gasteiger partial charge in [-0.1, -0.05) is 85.0 Å². The lowest BCUT2D eigenvalue weighted by Crippen LogP contribution is -2.42. The van der Waals surface area contributed by atoms with Gasteiger partial charge in [0.05, 0.1) is 9.49 Å². The van der Waals surface area contributed by atoms with Gasteiger partial charge in [-0.15, -0.1) is 23.5 Å². The molecule has 0 aliphatic heterocycles. The quantitative estimate of drug-likeness (QED) is 0.213. The van der Waals surface area contributed by atoms with Crippen molar-refractivity contribution < 1.29 is 9.59 Å². The molecule has 0 radical (unpaired) electrons. The molecule has 4 aromatic rings. The van der Waals surface area contributed by atoms with E-state index in [9.17, 15) is 9.59 Å². The van der Waals surface area contributed by atoms with E-state index in [0.717, 1.165) is 9.79 Å². The van der Waals surface area contributed by atoms with Crippen molar-refractivity contribution in [3.05, 3.63) is 156 Å². The first-order valence-corrected chi connectivity index (χ1v) is 14.1. The lowest BCUT2D eigenvalue weighted by molar-refractivity contribution is 0.103. The highest BCUT2D eigenvalue weighted by atomic mass is 32.2. The van der Waals surface area contributed by atoms with Crippen LogP contribution >= 0.6 is 23.5 Å². The van der Waals surface area contributed by atoms with Gasteiger partial charge in [-0.05, 0) is 62.4 Å². The van der Waals surface area contributed by atoms with E-state index in [1.807, 2.05) is 109 Å². The van der Waals surface area contributed by atoms with Gasteiger partial charge in [0.2, 0.25) is 0 Å². The van der Waals surface area contributed by atoms with Crippen LogP contribution in [0.2, 0.25) is 0 Å². The molecule has 0 spiro atoms. The van der Waals surface area contributed by atoms with E-state index < -0.39 is 0 Å². The predicted molar refractivity (Wildman–Crippen MR) is 159 cm³/mol. The van der Waals surface area contributed by atoms with Gasteiger partial charge in [0.15, 0.2) is 11.6 Å². The molecule has 0 bridgehead atoms. The fourth-order valence-electron chi connectivity index (χ4n) is 4.43. The Kier molecular flexibility index (Phi) is 7.55. The van der Waals surface area contributed by atoms with Gasteiger partial charge in [-0.25, -0.2) is 0 Å². The van der Waals surface area contributed by atoms with E-state index in [4.69, 9.17) is 0 Å². The molecule has 0 heterocycles. The summed E-state index contributed by atoms with van der Waals surface area (Å²) >= 11 is 3.58. The monoisotopic (exact) mass is 532 g/mol. The maximum atomic E-state index is 12.8. The summed E-state index contributed by atoms with van der Waals surface area (Å²) in [6, 6.07) is 34.5. The zero-order valence-electron chi connectivity index (χ0n) is 21.3. The first kappa shape index (κ1) is 26.0. The topological polar surface area (TPSA) is 34.1 Å². The maximum absolute atomic E-state index is 12.8. The molecule has 0 saturated carbocycles. The molecule has 1 aliphatic rings. The number of carbonyl (C=O) groups is 2. The minimum absolute atomic E-state index is 0.0310. The number of hydrogen-bond donors (Lipinski definition) is 0. The Morgan fingerprint density at radius 1 is 0.474 bits per heavy atom. The average Bonchev–Trinajstić information content (AvgIpc) is 2.96. The summed E-state index contributed by atoms with van der Waals surface area (Å²) in [5.41, 5.74) is 2.76. The number of thioether (sulfide) groups is 2. The van der Waals surface area contributed by atoms with Crippen molar-refractivity contribution in [3.8, 4) is 0 Å². The maximum Gasteiger partial charge on any atom is 0.193 e. The van der Waals surface area contributed by atoms with Crippen molar-refractivity contribution in [2.24, 2.45) is 0 Å². The fraction of sp³-hybridized carbons (Fsp3) is 0.118. The van der Waals surface area contributed by atoms with E-state index in [2.05, 4.69) is 38.2 Å². The minimum Gasteiger partial charge on any atom is -0.289 e.